The van der Waals surface area contributed by atoms with Crippen LogP contribution in [0, 0.1) is 23.8 Å². The van der Waals surface area contributed by atoms with E-state index in [1.807, 2.05) is 12.1 Å². The molecule has 1 nitrogen and oxygen atoms in total. The lowest BCUT2D eigenvalue weighted by molar-refractivity contribution is 1.17. The van der Waals surface area contributed by atoms with Crippen LogP contribution in [0.3, 0.4) is 0 Å². The zero-order chi connectivity index (χ0) is 7.52. The molecule has 0 N–H and O–H groups in total. The van der Waals surface area contributed by atoms with E-state index in [0.29, 0.717) is 5.92 Å². The van der Waals surface area contributed by atoms with E-state index in [4.69, 9.17) is 0 Å². The van der Waals surface area contributed by atoms with Gasteiger partial charge in [0.15, 0.2) is 0 Å². The minimum Gasteiger partial charge on any atom is -0.247 e. The molecular weight excluding hydrogens is 134 g/mol. The molecule has 1 heteroatoms. The zero-order valence-electron chi connectivity index (χ0n) is 6.17. The van der Waals surface area contributed by atoms with Crippen LogP contribution in [0.25, 0.3) is 0 Å². The average Bonchev–Trinajstić information content (AvgIpc) is 2.86. The van der Waals surface area contributed by atoms with Crippen molar-refractivity contribution >= 4 is 0 Å². The van der Waals surface area contributed by atoms with E-state index >= 15 is 0 Å². The number of rotatable bonds is 0. The lowest BCUT2D eigenvalue weighted by Gasteiger charge is -1.83. The molecule has 1 radical (unpaired) electrons. The summed E-state index contributed by atoms with van der Waals surface area (Å²) in [6.45, 7) is 0. The minimum atomic E-state index is 0.654. The van der Waals surface area contributed by atoms with E-state index in [9.17, 15) is 0 Å². The van der Waals surface area contributed by atoms with Crippen molar-refractivity contribution in [1.29, 1.82) is 0 Å². The third-order valence-corrected chi connectivity index (χ3v) is 1.60. The van der Waals surface area contributed by atoms with Gasteiger partial charge in [-0.25, -0.2) is 4.98 Å². The maximum Gasteiger partial charge on any atom is 0.113 e. The van der Waals surface area contributed by atoms with Crippen molar-refractivity contribution in [3.8, 4) is 11.8 Å². The van der Waals surface area contributed by atoms with Crippen LogP contribution in [-0.4, -0.2) is 4.98 Å². The Balaban J connectivity index is 2.12. The first-order valence-electron chi connectivity index (χ1n) is 3.79. The first kappa shape index (κ1) is 6.42. The standard InChI is InChI=1S/C10H8N/c1-2-8-11-10(3-1)7-6-9-4-5-9/h1,3,8-9H,4-5H2. The van der Waals surface area contributed by atoms with Crippen LogP contribution in [0.4, 0.5) is 0 Å². The predicted octanol–water partition coefficient (Wildman–Crippen LogP) is 1.64. The maximum absolute atomic E-state index is 4.05. The smallest absolute Gasteiger partial charge is 0.113 e. The molecule has 0 atom stereocenters. The monoisotopic (exact) mass is 142 g/mol. The van der Waals surface area contributed by atoms with Gasteiger partial charge in [-0.1, -0.05) is 5.92 Å². The fourth-order valence-corrected chi connectivity index (χ4v) is 0.798. The molecule has 53 valence electrons. The van der Waals surface area contributed by atoms with Gasteiger partial charge >= 0.3 is 0 Å². The SMILES string of the molecule is C(#CC1CC1)c1cc[c]cn1. The second-order valence-electron chi connectivity index (χ2n) is 2.69. The molecular formula is C10H8N. The van der Waals surface area contributed by atoms with Gasteiger partial charge in [0, 0.05) is 18.2 Å². The summed E-state index contributed by atoms with van der Waals surface area (Å²) in [6.07, 6.45) is 4.19. The largest absolute Gasteiger partial charge is 0.247 e. The highest BCUT2D eigenvalue weighted by molar-refractivity contribution is 5.28. The Kier molecular flexibility index (Phi) is 1.61. The number of nitrogens with zero attached hydrogens (tertiary/aromatic N) is 1. The topological polar surface area (TPSA) is 12.9 Å². The third kappa shape index (κ3) is 1.81. The van der Waals surface area contributed by atoms with E-state index in [-0.39, 0.29) is 0 Å². The molecule has 0 amide bonds. The van der Waals surface area contributed by atoms with Gasteiger partial charge in [-0.3, -0.25) is 0 Å². The van der Waals surface area contributed by atoms with Gasteiger partial charge in [0.05, 0.1) is 0 Å². The Bertz CT molecular complexity index is 288. The van der Waals surface area contributed by atoms with E-state index in [0.717, 1.165) is 5.69 Å². The summed E-state index contributed by atoms with van der Waals surface area (Å²) in [6, 6.07) is 6.58. The van der Waals surface area contributed by atoms with Gasteiger partial charge < -0.3 is 0 Å². The molecule has 11 heavy (non-hydrogen) atoms. The minimum absolute atomic E-state index is 0.654. The molecule has 1 aliphatic carbocycles. The van der Waals surface area contributed by atoms with Gasteiger partial charge in [0.25, 0.3) is 0 Å². The lowest BCUT2D eigenvalue weighted by Crippen LogP contribution is -1.78. The van der Waals surface area contributed by atoms with Crippen molar-refractivity contribution in [3.05, 3.63) is 30.1 Å². The summed E-state index contributed by atoms with van der Waals surface area (Å²) in [5.74, 6) is 6.83. The van der Waals surface area contributed by atoms with Crippen molar-refractivity contribution in [2.45, 2.75) is 12.8 Å². The van der Waals surface area contributed by atoms with E-state index in [1.54, 1.807) is 6.20 Å². The van der Waals surface area contributed by atoms with Crippen LogP contribution in [0.5, 0.6) is 0 Å². The Labute approximate surface area is 66.5 Å². The summed E-state index contributed by atoms with van der Waals surface area (Å²) in [5, 5.41) is 0. The van der Waals surface area contributed by atoms with Crippen LogP contribution < -0.4 is 0 Å². The van der Waals surface area contributed by atoms with Gasteiger partial charge in [-0.15, -0.1) is 0 Å². The van der Waals surface area contributed by atoms with E-state index in [2.05, 4.69) is 22.9 Å². The molecule has 2 rings (SSSR count). The van der Waals surface area contributed by atoms with Crippen LogP contribution in [-0.2, 0) is 0 Å². The van der Waals surface area contributed by atoms with Crippen molar-refractivity contribution in [2.24, 2.45) is 5.92 Å². The number of hydrogen-bond donors (Lipinski definition) is 0. The fraction of sp³-hybridized carbons (Fsp3) is 0.300. The highest BCUT2D eigenvalue weighted by Gasteiger charge is 2.17. The molecule has 0 aliphatic heterocycles. The number of hydrogen-bond acceptors (Lipinski definition) is 1. The molecule has 1 saturated carbocycles. The molecule has 1 fully saturated rings. The summed E-state index contributed by atoms with van der Waals surface area (Å²) >= 11 is 0. The second-order valence-corrected chi connectivity index (χ2v) is 2.69. The third-order valence-electron chi connectivity index (χ3n) is 1.60. The van der Waals surface area contributed by atoms with Gasteiger partial charge in [-0.2, -0.15) is 0 Å². The summed E-state index contributed by atoms with van der Waals surface area (Å²) in [4.78, 5) is 4.05. The Morgan fingerprint density at radius 3 is 3.09 bits per heavy atom. The van der Waals surface area contributed by atoms with Crippen LogP contribution >= 0.6 is 0 Å². The summed E-state index contributed by atoms with van der Waals surface area (Å²) < 4.78 is 0. The summed E-state index contributed by atoms with van der Waals surface area (Å²) in [5.41, 5.74) is 0.857. The Morgan fingerprint density at radius 2 is 2.45 bits per heavy atom. The van der Waals surface area contributed by atoms with Gasteiger partial charge in [0.1, 0.15) is 5.69 Å². The molecule has 0 aromatic carbocycles. The Hall–Kier alpha value is -1.29. The second kappa shape index (κ2) is 2.75. The average molecular weight is 142 g/mol. The molecule has 1 aromatic rings. The van der Waals surface area contributed by atoms with Gasteiger partial charge in [0.2, 0.25) is 0 Å². The van der Waals surface area contributed by atoms with Gasteiger partial charge in [-0.05, 0) is 30.9 Å². The van der Waals surface area contributed by atoms with Crippen LogP contribution in [0.15, 0.2) is 18.3 Å². The van der Waals surface area contributed by atoms with Crippen molar-refractivity contribution in [3.63, 3.8) is 0 Å². The highest BCUT2D eigenvalue weighted by atomic mass is 14.6. The molecule has 1 aliphatic rings. The van der Waals surface area contributed by atoms with Crippen LogP contribution in [0.2, 0.25) is 0 Å². The molecule has 0 unspecified atom stereocenters. The molecule has 1 aromatic heterocycles. The first-order valence-corrected chi connectivity index (χ1v) is 3.79. The van der Waals surface area contributed by atoms with Crippen molar-refractivity contribution in [1.82, 2.24) is 4.98 Å². The van der Waals surface area contributed by atoms with Crippen molar-refractivity contribution in [2.75, 3.05) is 0 Å². The summed E-state index contributed by atoms with van der Waals surface area (Å²) in [7, 11) is 0. The van der Waals surface area contributed by atoms with Crippen LogP contribution in [0.1, 0.15) is 18.5 Å². The zero-order valence-corrected chi connectivity index (χ0v) is 6.17. The molecule has 0 spiro atoms. The predicted molar refractivity (Wildman–Crippen MR) is 42.7 cm³/mol. The molecule has 0 bridgehead atoms. The van der Waals surface area contributed by atoms with E-state index < -0.39 is 0 Å². The lowest BCUT2D eigenvalue weighted by atomic mass is 10.3. The number of pyridine rings is 1. The molecule has 0 saturated heterocycles. The van der Waals surface area contributed by atoms with Crippen molar-refractivity contribution < 1.29 is 0 Å². The first-order chi connectivity index (χ1) is 5.45. The highest BCUT2D eigenvalue weighted by Crippen LogP contribution is 2.27. The molecule has 1 heterocycles. The number of aromatic nitrogens is 1. The van der Waals surface area contributed by atoms with E-state index in [1.165, 1.54) is 12.8 Å². The Morgan fingerprint density at radius 1 is 1.55 bits per heavy atom. The maximum atomic E-state index is 4.05. The normalized spacial score (nSPS) is 15.3. The fourth-order valence-electron chi connectivity index (χ4n) is 0.798. The quantitative estimate of drug-likeness (QED) is 0.502.